The van der Waals surface area contributed by atoms with Crippen molar-refractivity contribution in [2.24, 2.45) is 12.5 Å². The number of carbonyl (C=O) groups excluding carboxylic acids is 1. The maximum Gasteiger partial charge on any atom is 0.261 e. The molecule has 3 rings (SSSR count). The Balaban J connectivity index is 1.78. The first kappa shape index (κ1) is 13.6. The second kappa shape index (κ2) is 4.58. The predicted molar refractivity (Wildman–Crippen MR) is 82.2 cm³/mol. The summed E-state index contributed by atoms with van der Waals surface area (Å²) < 4.78 is 1.85. The molecule has 0 spiro atoms. The maximum absolute atomic E-state index is 12.4. The Morgan fingerprint density at radius 2 is 2.30 bits per heavy atom. The first-order valence-corrected chi connectivity index (χ1v) is 7.91. The van der Waals surface area contributed by atoms with Crippen molar-refractivity contribution in [2.75, 3.05) is 0 Å². The quantitative estimate of drug-likeness (QED) is 0.923. The molecule has 0 saturated heterocycles. The molecule has 0 aromatic carbocycles. The van der Waals surface area contributed by atoms with Crippen molar-refractivity contribution in [3.63, 3.8) is 0 Å². The Bertz CT molecular complexity index is 634. The first-order chi connectivity index (χ1) is 9.35. The minimum atomic E-state index is 0.0632. The number of carbonyl (C=O) groups is 1. The van der Waals surface area contributed by atoms with Crippen molar-refractivity contribution in [1.82, 2.24) is 15.1 Å². The van der Waals surface area contributed by atoms with Gasteiger partial charge in [0.2, 0.25) is 0 Å². The van der Waals surface area contributed by atoms with Crippen molar-refractivity contribution in [3.8, 4) is 0 Å². The summed E-state index contributed by atoms with van der Waals surface area (Å²) in [6, 6.07) is 2.29. The standard InChI is InChI=1S/C15H21N3OS/c1-9-11-7-12(20-14(11)18(4)17-9)13(19)16-10-5-6-15(2,3)8-10/h7,10H,5-6,8H2,1-4H3,(H,16,19). The first-order valence-electron chi connectivity index (χ1n) is 7.10. The smallest absolute Gasteiger partial charge is 0.261 e. The summed E-state index contributed by atoms with van der Waals surface area (Å²) in [7, 11) is 1.92. The largest absolute Gasteiger partial charge is 0.349 e. The molecule has 0 bridgehead atoms. The van der Waals surface area contributed by atoms with Crippen LogP contribution in [0.3, 0.4) is 0 Å². The highest BCUT2D eigenvalue weighted by Crippen LogP contribution is 2.37. The molecular formula is C15H21N3OS. The van der Waals surface area contributed by atoms with Gasteiger partial charge in [-0.3, -0.25) is 9.48 Å². The fourth-order valence-electron chi connectivity index (χ4n) is 3.13. The van der Waals surface area contributed by atoms with Gasteiger partial charge in [0.05, 0.1) is 10.6 Å². The van der Waals surface area contributed by atoms with Crippen molar-refractivity contribution in [1.29, 1.82) is 0 Å². The predicted octanol–water partition coefficient (Wildman–Crippen LogP) is 3.25. The fraction of sp³-hybridized carbons (Fsp3) is 0.600. The minimum Gasteiger partial charge on any atom is -0.349 e. The Hall–Kier alpha value is -1.36. The van der Waals surface area contributed by atoms with E-state index in [-0.39, 0.29) is 5.91 Å². The highest BCUT2D eigenvalue weighted by molar-refractivity contribution is 7.20. The molecule has 1 atom stereocenters. The molecular weight excluding hydrogens is 270 g/mol. The van der Waals surface area contributed by atoms with E-state index in [0.29, 0.717) is 11.5 Å². The molecule has 1 saturated carbocycles. The van der Waals surface area contributed by atoms with Gasteiger partial charge in [0.15, 0.2) is 0 Å². The summed E-state index contributed by atoms with van der Waals surface area (Å²) >= 11 is 1.52. The van der Waals surface area contributed by atoms with Gasteiger partial charge in [0.1, 0.15) is 4.83 Å². The van der Waals surface area contributed by atoms with E-state index >= 15 is 0 Å². The second-order valence-electron chi connectivity index (χ2n) is 6.62. The van der Waals surface area contributed by atoms with Crippen molar-refractivity contribution in [2.45, 2.75) is 46.1 Å². The summed E-state index contributed by atoms with van der Waals surface area (Å²) in [4.78, 5) is 14.2. The van der Waals surface area contributed by atoms with Crippen molar-refractivity contribution >= 4 is 27.5 Å². The van der Waals surface area contributed by atoms with Crippen LogP contribution in [0.5, 0.6) is 0 Å². The molecule has 2 aromatic heterocycles. The Morgan fingerprint density at radius 1 is 1.55 bits per heavy atom. The van der Waals surface area contributed by atoms with E-state index < -0.39 is 0 Å². The van der Waals surface area contributed by atoms with Crippen LogP contribution in [-0.4, -0.2) is 21.7 Å². The number of hydrogen-bond acceptors (Lipinski definition) is 3. The lowest BCUT2D eigenvalue weighted by molar-refractivity contribution is 0.0940. The van der Waals surface area contributed by atoms with E-state index in [9.17, 15) is 4.79 Å². The summed E-state index contributed by atoms with van der Waals surface area (Å²) in [5.74, 6) is 0.0632. The Morgan fingerprint density at radius 3 is 2.90 bits per heavy atom. The molecule has 1 N–H and O–H groups in total. The van der Waals surface area contributed by atoms with E-state index in [1.54, 1.807) is 0 Å². The third-order valence-corrected chi connectivity index (χ3v) is 5.42. The Kier molecular flexibility index (Phi) is 3.12. The average Bonchev–Trinajstić information content (AvgIpc) is 2.98. The van der Waals surface area contributed by atoms with Crippen LogP contribution in [0.2, 0.25) is 0 Å². The minimum absolute atomic E-state index is 0.0632. The molecule has 20 heavy (non-hydrogen) atoms. The number of nitrogens with one attached hydrogen (secondary N) is 1. The van der Waals surface area contributed by atoms with Crippen LogP contribution >= 0.6 is 11.3 Å². The zero-order valence-electron chi connectivity index (χ0n) is 12.5. The van der Waals surface area contributed by atoms with Crippen molar-refractivity contribution in [3.05, 3.63) is 16.6 Å². The highest BCUT2D eigenvalue weighted by atomic mass is 32.1. The molecule has 5 heteroatoms. The molecule has 4 nitrogen and oxygen atoms in total. The number of thiophene rings is 1. The van der Waals surface area contributed by atoms with Crippen LogP contribution in [-0.2, 0) is 7.05 Å². The number of aryl methyl sites for hydroxylation is 2. The highest BCUT2D eigenvalue weighted by Gasteiger charge is 2.32. The van der Waals surface area contributed by atoms with Crippen LogP contribution in [0, 0.1) is 12.3 Å². The number of nitrogens with zero attached hydrogens (tertiary/aromatic N) is 2. The molecule has 1 unspecified atom stereocenters. The van der Waals surface area contributed by atoms with Gasteiger partial charge in [-0.15, -0.1) is 11.3 Å². The van der Waals surface area contributed by atoms with Crippen LogP contribution in [0.1, 0.15) is 48.5 Å². The van der Waals surface area contributed by atoms with Gasteiger partial charge in [-0.05, 0) is 37.7 Å². The normalized spacial score (nSPS) is 21.5. The van der Waals surface area contributed by atoms with Crippen LogP contribution < -0.4 is 5.32 Å². The third kappa shape index (κ3) is 2.35. The van der Waals surface area contributed by atoms with E-state index in [4.69, 9.17) is 0 Å². The van der Waals surface area contributed by atoms with Crippen LogP contribution in [0.4, 0.5) is 0 Å². The molecule has 2 heterocycles. The molecule has 2 aromatic rings. The zero-order valence-corrected chi connectivity index (χ0v) is 13.3. The topological polar surface area (TPSA) is 46.9 Å². The van der Waals surface area contributed by atoms with Gasteiger partial charge in [-0.1, -0.05) is 13.8 Å². The number of fused-ring (bicyclic) bond motifs is 1. The van der Waals surface area contributed by atoms with Gasteiger partial charge in [-0.2, -0.15) is 5.10 Å². The summed E-state index contributed by atoms with van der Waals surface area (Å²) in [5.41, 5.74) is 1.35. The monoisotopic (exact) mass is 291 g/mol. The lowest BCUT2D eigenvalue weighted by atomic mass is 9.92. The molecule has 108 valence electrons. The lowest BCUT2D eigenvalue weighted by Crippen LogP contribution is -2.32. The van der Waals surface area contributed by atoms with Gasteiger partial charge in [0, 0.05) is 18.5 Å². The number of amides is 1. The van der Waals surface area contributed by atoms with E-state index in [2.05, 4.69) is 24.3 Å². The molecule has 1 fully saturated rings. The van der Waals surface area contributed by atoms with Gasteiger partial charge in [-0.25, -0.2) is 0 Å². The lowest BCUT2D eigenvalue weighted by Gasteiger charge is -2.17. The number of rotatable bonds is 2. The van der Waals surface area contributed by atoms with Crippen LogP contribution in [0.25, 0.3) is 10.2 Å². The average molecular weight is 291 g/mol. The fourth-order valence-corrected chi connectivity index (χ4v) is 4.16. The molecule has 1 amide bonds. The van der Waals surface area contributed by atoms with Crippen molar-refractivity contribution < 1.29 is 4.79 Å². The van der Waals surface area contributed by atoms with E-state index in [1.165, 1.54) is 17.8 Å². The van der Waals surface area contributed by atoms with E-state index in [0.717, 1.165) is 33.6 Å². The molecule has 0 radical (unpaired) electrons. The summed E-state index contributed by atoms with van der Waals surface area (Å²) in [5, 5.41) is 8.64. The molecule has 1 aliphatic rings. The van der Waals surface area contributed by atoms with Gasteiger partial charge in [0.25, 0.3) is 5.91 Å². The van der Waals surface area contributed by atoms with Gasteiger partial charge < -0.3 is 5.32 Å². The zero-order chi connectivity index (χ0) is 14.5. The molecule has 0 aliphatic heterocycles. The molecule has 1 aliphatic carbocycles. The SMILES string of the molecule is Cc1nn(C)c2sc(C(=O)NC3CCC(C)(C)C3)cc12. The van der Waals surface area contributed by atoms with E-state index in [1.807, 2.05) is 24.7 Å². The third-order valence-electron chi connectivity index (χ3n) is 4.22. The summed E-state index contributed by atoms with van der Waals surface area (Å²) in [6.07, 6.45) is 3.35. The maximum atomic E-state index is 12.4. The number of hydrogen-bond donors (Lipinski definition) is 1. The Labute approximate surface area is 123 Å². The number of aromatic nitrogens is 2. The van der Waals surface area contributed by atoms with Gasteiger partial charge >= 0.3 is 0 Å². The summed E-state index contributed by atoms with van der Waals surface area (Å²) in [6.45, 7) is 6.53. The second-order valence-corrected chi connectivity index (χ2v) is 7.65. The van der Waals surface area contributed by atoms with Crippen LogP contribution in [0.15, 0.2) is 6.07 Å².